The van der Waals surface area contributed by atoms with Crippen molar-refractivity contribution in [3.63, 3.8) is 0 Å². The van der Waals surface area contributed by atoms with Crippen LogP contribution in [0.15, 0.2) is 12.1 Å². The molecule has 3 heteroatoms. The van der Waals surface area contributed by atoms with Crippen molar-refractivity contribution < 1.29 is 14.3 Å². The first-order valence-electron chi connectivity index (χ1n) is 4.69. The van der Waals surface area contributed by atoms with E-state index in [9.17, 15) is 4.79 Å². The van der Waals surface area contributed by atoms with E-state index >= 15 is 0 Å². The number of hydrogen-bond donors (Lipinski definition) is 0. The third kappa shape index (κ3) is 2.29. The van der Waals surface area contributed by atoms with Crippen molar-refractivity contribution in [3.05, 3.63) is 30.2 Å². The number of benzene rings is 1. The molecule has 3 nitrogen and oxygen atoms in total. The van der Waals surface area contributed by atoms with Crippen LogP contribution in [0.2, 0.25) is 0 Å². The Morgan fingerprint density at radius 1 is 1.33 bits per heavy atom. The van der Waals surface area contributed by atoms with E-state index in [1.165, 1.54) is 0 Å². The fourth-order valence-electron chi connectivity index (χ4n) is 1.46. The molecule has 0 atom stereocenters. The maximum Gasteiger partial charge on any atom is 0.163 e. The molecule has 0 aliphatic carbocycles. The number of aryl methyl sites for hydroxylation is 1. The number of carbonyl (C=O) groups is 1. The highest BCUT2D eigenvalue weighted by atomic mass is 16.5. The smallest absolute Gasteiger partial charge is 0.163 e. The number of ketones is 1. The van der Waals surface area contributed by atoms with Gasteiger partial charge in [-0.05, 0) is 31.5 Å². The fourth-order valence-corrected chi connectivity index (χ4v) is 1.46. The third-order valence-corrected chi connectivity index (χ3v) is 2.21. The Labute approximate surface area is 90.0 Å². The molecule has 0 saturated carbocycles. The van der Waals surface area contributed by atoms with Gasteiger partial charge < -0.3 is 9.47 Å². The van der Waals surface area contributed by atoms with Crippen molar-refractivity contribution in [2.75, 3.05) is 14.2 Å². The molecular weight excluding hydrogens is 192 g/mol. The van der Waals surface area contributed by atoms with Crippen LogP contribution in [0.3, 0.4) is 0 Å². The number of ether oxygens (including phenoxy) is 2. The monoisotopic (exact) mass is 207 g/mol. The molecule has 1 rings (SSSR count). The molecule has 0 amide bonds. The zero-order valence-corrected chi connectivity index (χ0v) is 9.29. The van der Waals surface area contributed by atoms with Crippen LogP contribution in [0.1, 0.15) is 22.3 Å². The fraction of sp³-hybridized carbons (Fsp3) is 0.333. The van der Waals surface area contributed by atoms with Crippen molar-refractivity contribution in [1.29, 1.82) is 0 Å². The second-order valence-electron chi connectivity index (χ2n) is 3.20. The van der Waals surface area contributed by atoms with Gasteiger partial charge in [0.15, 0.2) is 17.3 Å². The van der Waals surface area contributed by atoms with Crippen LogP contribution in [-0.2, 0) is 0 Å². The molecule has 1 aromatic carbocycles. The predicted molar refractivity (Wildman–Crippen MR) is 58.6 cm³/mol. The van der Waals surface area contributed by atoms with Gasteiger partial charge >= 0.3 is 0 Å². The number of carbonyl (C=O) groups excluding carboxylic acids is 1. The molecule has 0 N–H and O–H groups in total. The summed E-state index contributed by atoms with van der Waals surface area (Å²) in [6.07, 6.45) is 0.245. The van der Waals surface area contributed by atoms with Gasteiger partial charge in [-0.15, -0.1) is 0 Å². The number of methoxy groups -OCH3 is 2. The normalized spacial score (nSPS) is 9.87. The molecule has 0 saturated heterocycles. The molecule has 0 unspecified atom stereocenters. The second-order valence-corrected chi connectivity index (χ2v) is 3.20. The van der Waals surface area contributed by atoms with E-state index in [2.05, 4.69) is 6.92 Å². The van der Waals surface area contributed by atoms with Gasteiger partial charge in [0.25, 0.3) is 0 Å². The Hall–Kier alpha value is -1.51. The highest BCUT2D eigenvalue weighted by Crippen LogP contribution is 2.32. The largest absolute Gasteiger partial charge is 0.493 e. The Balaban J connectivity index is 3.25. The summed E-state index contributed by atoms with van der Waals surface area (Å²) < 4.78 is 10.3. The standard InChI is InChI=1S/C12H15O3/c1-5-10(13)9-6-8(2)12(15-4)11(7-9)14-3/h6-7H,1,5H2,2-4H3. The maximum absolute atomic E-state index is 11.5. The molecule has 1 radical (unpaired) electrons. The molecule has 1 aromatic rings. The van der Waals surface area contributed by atoms with E-state index < -0.39 is 0 Å². The zero-order chi connectivity index (χ0) is 11.4. The van der Waals surface area contributed by atoms with Gasteiger partial charge in [-0.2, -0.15) is 0 Å². The van der Waals surface area contributed by atoms with E-state index in [-0.39, 0.29) is 12.2 Å². The average molecular weight is 207 g/mol. The minimum absolute atomic E-state index is 0.000877. The predicted octanol–water partition coefficient (Wildman–Crippen LogP) is 2.42. The third-order valence-electron chi connectivity index (χ3n) is 2.21. The zero-order valence-electron chi connectivity index (χ0n) is 9.29. The highest BCUT2D eigenvalue weighted by Gasteiger charge is 2.12. The molecular formula is C12H15O3. The first-order chi connectivity index (χ1) is 7.13. The summed E-state index contributed by atoms with van der Waals surface area (Å²) in [6.45, 7) is 5.44. The van der Waals surface area contributed by atoms with Gasteiger partial charge in [-0.3, -0.25) is 4.79 Å². The van der Waals surface area contributed by atoms with Crippen LogP contribution in [0.5, 0.6) is 11.5 Å². The maximum atomic E-state index is 11.5. The summed E-state index contributed by atoms with van der Waals surface area (Å²) in [7, 11) is 3.13. The summed E-state index contributed by atoms with van der Waals surface area (Å²) >= 11 is 0. The van der Waals surface area contributed by atoms with Crippen LogP contribution >= 0.6 is 0 Å². The summed E-state index contributed by atoms with van der Waals surface area (Å²) in [5.41, 5.74) is 1.49. The first kappa shape index (κ1) is 11.6. The molecule has 15 heavy (non-hydrogen) atoms. The molecule has 0 fully saturated rings. The molecule has 0 bridgehead atoms. The highest BCUT2D eigenvalue weighted by molar-refractivity contribution is 5.97. The molecule has 0 aliphatic heterocycles. The number of Topliss-reactive ketones (excluding diaryl/α,β-unsaturated/α-hetero) is 1. The van der Waals surface area contributed by atoms with Crippen molar-refractivity contribution in [1.82, 2.24) is 0 Å². The van der Waals surface area contributed by atoms with Crippen LogP contribution < -0.4 is 9.47 Å². The topological polar surface area (TPSA) is 35.5 Å². The lowest BCUT2D eigenvalue weighted by Crippen LogP contribution is -2.00. The lowest BCUT2D eigenvalue weighted by molar-refractivity contribution is 0.0994. The van der Waals surface area contributed by atoms with Crippen LogP contribution in [0.25, 0.3) is 0 Å². The average Bonchev–Trinajstić information content (AvgIpc) is 2.26. The Morgan fingerprint density at radius 3 is 2.47 bits per heavy atom. The lowest BCUT2D eigenvalue weighted by atomic mass is 10.0. The molecule has 0 spiro atoms. The van der Waals surface area contributed by atoms with E-state index in [0.717, 1.165) is 5.56 Å². The Kier molecular flexibility index (Phi) is 3.72. The molecule has 81 valence electrons. The van der Waals surface area contributed by atoms with E-state index in [1.54, 1.807) is 26.4 Å². The SMILES string of the molecule is [CH2]CC(=O)c1cc(C)c(OC)c(OC)c1. The van der Waals surface area contributed by atoms with Gasteiger partial charge in [0.05, 0.1) is 14.2 Å². The second kappa shape index (κ2) is 4.82. The molecule has 0 aromatic heterocycles. The van der Waals surface area contributed by atoms with Crippen molar-refractivity contribution in [3.8, 4) is 11.5 Å². The van der Waals surface area contributed by atoms with Crippen LogP contribution in [0.4, 0.5) is 0 Å². The molecule has 0 aliphatic rings. The Bertz CT molecular complexity index is 369. The minimum atomic E-state index is -0.000877. The lowest BCUT2D eigenvalue weighted by Gasteiger charge is -2.11. The number of rotatable bonds is 4. The first-order valence-corrected chi connectivity index (χ1v) is 4.69. The van der Waals surface area contributed by atoms with Gasteiger partial charge in [-0.1, -0.05) is 0 Å². The number of hydrogen-bond acceptors (Lipinski definition) is 3. The van der Waals surface area contributed by atoms with Crippen LogP contribution in [-0.4, -0.2) is 20.0 Å². The van der Waals surface area contributed by atoms with Crippen LogP contribution in [0, 0.1) is 13.8 Å². The molecule has 0 heterocycles. The summed E-state index contributed by atoms with van der Waals surface area (Å²) in [4.78, 5) is 11.5. The van der Waals surface area contributed by atoms with Crippen molar-refractivity contribution in [2.24, 2.45) is 0 Å². The van der Waals surface area contributed by atoms with Gasteiger partial charge in [0.1, 0.15) is 0 Å². The summed E-state index contributed by atoms with van der Waals surface area (Å²) in [6, 6.07) is 3.47. The quantitative estimate of drug-likeness (QED) is 0.711. The van der Waals surface area contributed by atoms with Crippen molar-refractivity contribution >= 4 is 5.78 Å². The van der Waals surface area contributed by atoms with E-state index in [1.807, 2.05) is 6.92 Å². The summed E-state index contributed by atoms with van der Waals surface area (Å²) in [5, 5.41) is 0. The Morgan fingerprint density at radius 2 is 2.00 bits per heavy atom. The van der Waals surface area contributed by atoms with Crippen molar-refractivity contribution in [2.45, 2.75) is 13.3 Å². The van der Waals surface area contributed by atoms with E-state index in [4.69, 9.17) is 9.47 Å². The van der Waals surface area contributed by atoms with E-state index in [0.29, 0.717) is 17.1 Å². The van der Waals surface area contributed by atoms with Gasteiger partial charge in [0.2, 0.25) is 0 Å². The minimum Gasteiger partial charge on any atom is -0.493 e. The summed E-state index contributed by atoms with van der Waals surface area (Å²) in [5.74, 6) is 1.24. The van der Waals surface area contributed by atoms with Gasteiger partial charge in [-0.25, -0.2) is 0 Å². The van der Waals surface area contributed by atoms with Gasteiger partial charge in [0, 0.05) is 12.0 Å².